The molecular formula is C22H37NO2S. The first-order valence-corrected chi connectivity index (χ1v) is 11.8. The van der Waals surface area contributed by atoms with Gasteiger partial charge < -0.3 is 4.42 Å². The zero-order valence-electron chi connectivity index (χ0n) is 17.0. The molecule has 1 aliphatic rings. The van der Waals surface area contributed by atoms with E-state index in [2.05, 4.69) is 25.8 Å². The normalized spacial score (nSPS) is 18.1. The Morgan fingerprint density at radius 1 is 1.08 bits per heavy atom. The van der Waals surface area contributed by atoms with Crippen LogP contribution in [0.4, 0.5) is 0 Å². The third kappa shape index (κ3) is 7.09. The summed E-state index contributed by atoms with van der Waals surface area (Å²) in [4.78, 5) is 16.9. The van der Waals surface area contributed by atoms with Gasteiger partial charge >= 0.3 is 0 Å². The van der Waals surface area contributed by atoms with Crippen molar-refractivity contribution in [3.05, 3.63) is 17.3 Å². The molecule has 0 unspecified atom stereocenters. The van der Waals surface area contributed by atoms with Crippen LogP contribution in [0, 0.1) is 5.92 Å². The second-order valence-electron chi connectivity index (χ2n) is 7.80. The molecule has 1 aromatic rings. The minimum Gasteiger partial charge on any atom is -0.445 e. The lowest BCUT2D eigenvalue weighted by molar-refractivity contribution is 0.0937. The van der Waals surface area contributed by atoms with Crippen LogP contribution in [0.25, 0.3) is 0 Å². The van der Waals surface area contributed by atoms with Gasteiger partial charge in [0, 0.05) is 24.5 Å². The molecule has 148 valence electrons. The van der Waals surface area contributed by atoms with Crippen molar-refractivity contribution in [2.45, 2.75) is 103 Å². The zero-order valence-corrected chi connectivity index (χ0v) is 17.8. The van der Waals surface area contributed by atoms with E-state index in [9.17, 15) is 4.79 Å². The van der Waals surface area contributed by atoms with Crippen molar-refractivity contribution in [3.63, 3.8) is 0 Å². The maximum atomic E-state index is 12.4. The van der Waals surface area contributed by atoms with E-state index < -0.39 is 0 Å². The molecule has 0 N–H and O–H groups in total. The molecule has 26 heavy (non-hydrogen) atoms. The molecule has 0 radical (unpaired) electrons. The van der Waals surface area contributed by atoms with E-state index in [1.165, 1.54) is 44.9 Å². The molecule has 1 aromatic heterocycles. The average molecular weight is 380 g/mol. The second kappa shape index (κ2) is 11.8. The van der Waals surface area contributed by atoms with E-state index in [1.54, 1.807) is 0 Å². The number of nitrogens with zero attached hydrogens (tertiary/aromatic N) is 1. The number of rotatable bonds is 13. The first-order chi connectivity index (χ1) is 12.6. The summed E-state index contributed by atoms with van der Waals surface area (Å²) in [5.41, 5.74) is 0.631. The summed E-state index contributed by atoms with van der Waals surface area (Å²) < 4.78 is 5.97. The highest BCUT2D eigenvalue weighted by atomic mass is 32.2. The molecule has 1 aliphatic carbocycles. The van der Waals surface area contributed by atoms with Gasteiger partial charge in [0.25, 0.3) is 0 Å². The van der Waals surface area contributed by atoms with Gasteiger partial charge in [-0.25, -0.2) is 4.98 Å². The monoisotopic (exact) mass is 379 g/mol. The molecule has 1 heterocycles. The largest absolute Gasteiger partial charge is 0.445 e. The number of fused-ring (bicyclic) bond motifs is 1. The number of oxazole rings is 1. The Morgan fingerprint density at radius 2 is 1.77 bits per heavy atom. The quantitative estimate of drug-likeness (QED) is 0.360. The van der Waals surface area contributed by atoms with Crippen LogP contribution in [-0.2, 0) is 12.8 Å². The van der Waals surface area contributed by atoms with Crippen LogP contribution in [0.2, 0.25) is 0 Å². The summed E-state index contributed by atoms with van der Waals surface area (Å²) in [5.74, 6) is 3.39. The number of carbonyl (C=O) groups excluding carboxylic acids is 1. The number of carbonyl (C=O) groups is 1. The van der Waals surface area contributed by atoms with E-state index in [-0.39, 0.29) is 5.78 Å². The van der Waals surface area contributed by atoms with E-state index in [1.807, 2.05) is 11.8 Å². The van der Waals surface area contributed by atoms with Gasteiger partial charge in [-0.3, -0.25) is 4.79 Å². The van der Waals surface area contributed by atoms with Gasteiger partial charge in [0.1, 0.15) is 11.5 Å². The van der Waals surface area contributed by atoms with Gasteiger partial charge in [-0.1, -0.05) is 65.7 Å². The van der Waals surface area contributed by atoms with Crippen molar-refractivity contribution < 1.29 is 9.21 Å². The van der Waals surface area contributed by atoms with Crippen LogP contribution in [0.15, 0.2) is 4.42 Å². The third-order valence-electron chi connectivity index (χ3n) is 5.31. The lowest BCUT2D eigenvalue weighted by Crippen LogP contribution is -2.22. The van der Waals surface area contributed by atoms with Crippen LogP contribution in [0.5, 0.6) is 0 Å². The number of hydrogen-bond acceptors (Lipinski definition) is 4. The summed E-state index contributed by atoms with van der Waals surface area (Å²) in [5, 5.41) is 0.610. The number of Topliss-reactive ketones (excluding diaryl/α,β-unsaturated/α-hetero) is 1. The van der Waals surface area contributed by atoms with Crippen molar-refractivity contribution in [1.29, 1.82) is 0 Å². The number of hydrogen-bond donors (Lipinski definition) is 0. The minimum absolute atomic E-state index is 0.191. The number of aryl methyl sites for hydroxylation is 1. The number of ketones is 1. The van der Waals surface area contributed by atoms with Crippen LogP contribution in [0.3, 0.4) is 0 Å². The van der Waals surface area contributed by atoms with Crippen molar-refractivity contribution >= 4 is 17.5 Å². The Labute approximate surface area is 164 Å². The van der Waals surface area contributed by atoms with E-state index >= 15 is 0 Å². The molecule has 2 rings (SSSR count). The first-order valence-electron chi connectivity index (χ1n) is 10.8. The summed E-state index contributed by atoms with van der Waals surface area (Å²) in [6.07, 6.45) is 13.9. The average Bonchev–Trinajstić information content (AvgIpc) is 3.01. The van der Waals surface area contributed by atoms with Crippen molar-refractivity contribution in [2.75, 3.05) is 5.75 Å². The fraction of sp³-hybridized carbons (Fsp3) is 0.818. The zero-order chi connectivity index (χ0) is 18.8. The number of aromatic nitrogens is 1. The summed E-state index contributed by atoms with van der Waals surface area (Å²) in [6.45, 7) is 6.72. The van der Waals surface area contributed by atoms with Crippen LogP contribution in [0.1, 0.15) is 107 Å². The van der Waals surface area contributed by atoms with Crippen LogP contribution in [-0.4, -0.2) is 21.8 Å². The molecule has 3 nitrogen and oxygen atoms in total. The maximum Gasteiger partial charge on any atom is 0.195 e. The molecule has 4 heteroatoms. The Balaban J connectivity index is 1.73. The predicted molar refractivity (Wildman–Crippen MR) is 111 cm³/mol. The molecule has 0 fully saturated rings. The predicted octanol–water partition coefficient (Wildman–Crippen LogP) is 6.63. The smallest absolute Gasteiger partial charge is 0.195 e. The lowest BCUT2D eigenvalue weighted by Gasteiger charge is -2.22. The summed E-state index contributed by atoms with van der Waals surface area (Å²) in [6, 6.07) is 0. The molecule has 2 atom stereocenters. The molecule has 0 aliphatic heterocycles. The Bertz CT molecular complexity index is 540. The van der Waals surface area contributed by atoms with E-state index in [0.717, 1.165) is 43.1 Å². The standard InChI is InChI=1S/C22H37NO2S/c1-4-6-7-8-9-10-11-12-13-21-23-22-19(24)15-18(16-20(22)25-21)14-17(3)26-5-2/h17-18H,4-16H2,1-3H3/t17-,18-/m1/s1. The fourth-order valence-corrected chi connectivity index (χ4v) is 4.93. The molecule has 0 saturated carbocycles. The Hall–Kier alpha value is -0.770. The molecule has 0 spiro atoms. The van der Waals surface area contributed by atoms with Gasteiger partial charge in [0.15, 0.2) is 11.7 Å². The number of unbranched alkanes of at least 4 members (excludes halogenated alkanes) is 7. The second-order valence-corrected chi connectivity index (χ2v) is 9.52. The van der Waals surface area contributed by atoms with E-state index in [4.69, 9.17) is 4.42 Å². The highest BCUT2D eigenvalue weighted by molar-refractivity contribution is 7.99. The summed E-state index contributed by atoms with van der Waals surface area (Å²) >= 11 is 1.98. The minimum atomic E-state index is 0.191. The Morgan fingerprint density at radius 3 is 2.46 bits per heavy atom. The highest BCUT2D eigenvalue weighted by Gasteiger charge is 2.31. The molecular weight excluding hydrogens is 342 g/mol. The van der Waals surface area contributed by atoms with E-state index in [0.29, 0.717) is 23.3 Å². The maximum absolute atomic E-state index is 12.4. The third-order valence-corrected chi connectivity index (χ3v) is 6.41. The van der Waals surface area contributed by atoms with Gasteiger partial charge in [-0.05, 0) is 24.5 Å². The molecule has 0 bridgehead atoms. The van der Waals surface area contributed by atoms with Gasteiger partial charge in [0.05, 0.1) is 0 Å². The lowest BCUT2D eigenvalue weighted by atomic mass is 9.86. The Kier molecular flexibility index (Phi) is 9.80. The van der Waals surface area contributed by atoms with Crippen molar-refractivity contribution in [2.24, 2.45) is 5.92 Å². The van der Waals surface area contributed by atoms with Crippen molar-refractivity contribution in [1.82, 2.24) is 4.98 Å². The summed E-state index contributed by atoms with van der Waals surface area (Å²) in [7, 11) is 0. The molecule has 0 saturated heterocycles. The van der Waals surface area contributed by atoms with Crippen LogP contribution < -0.4 is 0 Å². The topological polar surface area (TPSA) is 43.1 Å². The highest BCUT2D eigenvalue weighted by Crippen LogP contribution is 2.31. The van der Waals surface area contributed by atoms with Crippen molar-refractivity contribution in [3.8, 4) is 0 Å². The van der Waals surface area contributed by atoms with Crippen LogP contribution >= 0.6 is 11.8 Å². The number of thioether (sulfide) groups is 1. The SMILES string of the molecule is CCCCCCCCCCc1nc2c(o1)C[C@H](C[C@@H](C)SCC)CC2=O. The fourth-order valence-electron chi connectivity index (χ4n) is 3.96. The van der Waals surface area contributed by atoms with Gasteiger partial charge in [-0.15, -0.1) is 0 Å². The molecule has 0 amide bonds. The van der Waals surface area contributed by atoms with Gasteiger partial charge in [0.2, 0.25) is 0 Å². The van der Waals surface area contributed by atoms with Gasteiger partial charge in [-0.2, -0.15) is 11.8 Å². The first kappa shape index (κ1) is 21.5. The molecule has 0 aromatic carbocycles.